The Hall–Kier alpha value is -1.44. The predicted octanol–water partition coefficient (Wildman–Crippen LogP) is 2.01. The molecule has 2 rings (SSSR count). The van der Waals surface area contributed by atoms with Crippen LogP contribution in [-0.4, -0.2) is 36.3 Å². The highest BCUT2D eigenvalue weighted by molar-refractivity contribution is 7.17. The molecule has 0 aliphatic heterocycles. The van der Waals surface area contributed by atoms with Crippen LogP contribution in [0.3, 0.4) is 0 Å². The number of rotatable bonds is 4. The maximum absolute atomic E-state index is 11.7. The molecule has 8 heteroatoms. The Labute approximate surface area is 113 Å². The zero-order chi connectivity index (χ0) is 13.0. The Balaban J connectivity index is 2.37. The van der Waals surface area contributed by atoms with Crippen LogP contribution in [-0.2, 0) is 4.74 Å². The van der Waals surface area contributed by atoms with Crippen LogP contribution >= 0.6 is 23.1 Å². The van der Waals surface area contributed by atoms with Crippen LogP contribution < -0.4 is 9.74 Å². The van der Waals surface area contributed by atoms with Gasteiger partial charge < -0.3 is 4.74 Å². The fourth-order valence-electron chi connectivity index (χ4n) is 1.51. The number of ether oxygens (including phenoxy) is 1. The van der Waals surface area contributed by atoms with Gasteiger partial charge in [-0.3, -0.25) is 4.90 Å². The lowest BCUT2D eigenvalue weighted by Crippen LogP contribution is -2.38. The molecule has 0 bridgehead atoms. The minimum absolute atomic E-state index is 0.386. The van der Waals surface area contributed by atoms with Gasteiger partial charge in [-0.1, -0.05) is 0 Å². The van der Waals surface area contributed by atoms with Gasteiger partial charge in [0.2, 0.25) is 0 Å². The Morgan fingerprint density at radius 2 is 2.33 bits per heavy atom. The summed E-state index contributed by atoms with van der Waals surface area (Å²) in [5.74, 6) is 0. The molecule has 2 aromatic heterocycles. The smallest absolute Gasteiger partial charge is 0.336 e. The van der Waals surface area contributed by atoms with Crippen molar-refractivity contribution in [1.29, 1.82) is 0 Å². The predicted molar refractivity (Wildman–Crippen MR) is 71.0 cm³/mol. The van der Waals surface area contributed by atoms with E-state index in [4.69, 9.17) is 16.5 Å². The van der Waals surface area contributed by atoms with Crippen molar-refractivity contribution in [2.75, 3.05) is 25.2 Å². The van der Waals surface area contributed by atoms with Crippen LogP contribution in [0.15, 0.2) is 17.8 Å². The average Bonchev–Trinajstić information content (AvgIpc) is 2.83. The summed E-state index contributed by atoms with van der Waals surface area (Å²) < 4.78 is 4.98. The molecule has 18 heavy (non-hydrogen) atoms. The second-order valence-electron chi connectivity index (χ2n) is 3.38. The van der Waals surface area contributed by atoms with E-state index in [1.165, 1.54) is 16.2 Å². The summed E-state index contributed by atoms with van der Waals surface area (Å²) in [6.45, 7) is 0.791. The largest absolute Gasteiger partial charge is 0.383 e. The molecule has 2 aromatic rings. The van der Waals surface area contributed by atoms with E-state index in [-0.39, 0.29) is 0 Å². The minimum atomic E-state index is -0.418. The molecular weight excluding hydrogens is 276 g/mol. The van der Waals surface area contributed by atoms with Crippen LogP contribution in [0.5, 0.6) is 0 Å². The summed E-state index contributed by atoms with van der Waals surface area (Å²) in [6, 6.07) is -0.418. The summed E-state index contributed by atoms with van der Waals surface area (Å²) in [6.07, 6.45) is 3.20. The van der Waals surface area contributed by atoms with Gasteiger partial charge in [-0.25, -0.2) is 19.6 Å². The molecule has 0 aliphatic carbocycles. The number of aromatic nitrogens is 2. The lowest BCUT2D eigenvalue weighted by Gasteiger charge is -2.19. The van der Waals surface area contributed by atoms with E-state index in [2.05, 4.69) is 14.8 Å². The highest BCUT2D eigenvalue weighted by Crippen LogP contribution is 2.29. The third kappa shape index (κ3) is 2.53. The number of halogens is 1. The van der Waals surface area contributed by atoms with Gasteiger partial charge in [0.25, 0.3) is 0 Å². The van der Waals surface area contributed by atoms with E-state index in [1.807, 2.05) is 5.38 Å². The van der Waals surface area contributed by atoms with Crippen LogP contribution in [0.2, 0.25) is 0 Å². The molecule has 0 atom stereocenters. The molecule has 0 unspecified atom stereocenters. The Kier molecular flexibility index (Phi) is 4.29. The molecule has 96 valence electrons. The van der Waals surface area contributed by atoms with Gasteiger partial charge in [0.15, 0.2) is 0 Å². The number of carbonyl (C=O) groups is 1. The first-order valence-electron chi connectivity index (χ1n) is 5.13. The van der Waals surface area contributed by atoms with Crippen molar-refractivity contribution in [3.8, 4) is 0 Å². The molecule has 0 spiro atoms. The maximum atomic E-state index is 11.7. The standard InChI is InChI=1S/C10H11ClN4O2S/c1-17-5-4-15(10(16)14-11)7-6-18-9-8(7)12-2-3-13-9/h2-3,6H,4-5H2,1H3,(H,14,16). The topological polar surface area (TPSA) is 67.3 Å². The summed E-state index contributed by atoms with van der Waals surface area (Å²) in [4.78, 5) is 24.5. The number of hydrogen-bond acceptors (Lipinski definition) is 5. The van der Waals surface area contributed by atoms with Gasteiger partial charge >= 0.3 is 6.03 Å². The van der Waals surface area contributed by atoms with Gasteiger partial charge in [0.1, 0.15) is 10.3 Å². The number of anilines is 1. The van der Waals surface area contributed by atoms with E-state index in [1.54, 1.807) is 19.5 Å². The molecule has 2 amide bonds. The Morgan fingerprint density at radius 1 is 1.56 bits per heavy atom. The Bertz CT molecular complexity index is 547. The molecule has 1 N–H and O–H groups in total. The highest BCUT2D eigenvalue weighted by atomic mass is 35.5. The molecule has 0 saturated carbocycles. The second-order valence-corrected chi connectivity index (χ2v) is 4.42. The monoisotopic (exact) mass is 286 g/mol. The zero-order valence-corrected chi connectivity index (χ0v) is 11.2. The van der Waals surface area contributed by atoms with Crippen molar-refractivity contribution < 1.29 is 9.53 Å². The summed E-state index contributed by atoms with van der Waals surface area (Å²) >= 11 is 6.80. The SMILES string of the molecule is COCCN(C(=O)NCl)c1csc2nccnc12. The fourth-order valence-corrected chi connectivity index (χ4v) is 2.47. The number of carbonyl (C=O) groups excluding carboxylic acids is 1. The van der Waals surface area contributed by atoms with E-state index in [9.17, 15) is 4.79 Å². The van der Waals surface area contributed by atoms with Gasteiger partial charge in [-0.15, -0.1) is 11.3 Å². The number of nitrogens with one attached hydrogen (secondary N) is 1. The molecular formula is C10H11ClN4O2S. The highest BCUT2D eigenvalue weighted by Gasteiger charge is 2.19. The first-order chi connectivity index (χ1) is 8.77. The van der Waals surface area contributed by atoms with Gasteiger partial charge in [0.05, 0.1) is 18.8 Å². The van der Waals surface area contributed by atoms with Crippen molar-refractivity contribution in [3.63, 3.8) is 0 Å². The molecule has 0 fully saturated rings. The van der Waals surface area contributed by atoms with Crippen molar-refractivity contribution in [2.45, 2.75) is 0 Å². The van der Waals surface area contributed by atoms with Gasteiger partial charge in [-0.05, 0) is 0 Å². The van der Waals surface area contributed by atoms with Crippen molar-refractivity contribution >= 4 is 45.2 Å². The molecule has 0 aromatic carbocycles. The van der Waals surface area contributed by atoms with E-state index >= 15 is 0 Å². The zero-order valence-electron chi connectivity index (χ0n) is 9.59. The normalized spacial score (nSPS) is 10.6. The van der Waals surface area contributed by atoms with Gasteiger partial charge in [-0.2, -0.15) is 0 Å². The lowest BCUT2D eigenvalue weighted by atomic mass is 10.4. The van der Waals surface area contributed by atoms with Crippen molar-refractivity contribution in [3.05, 3.63) is 17.8 Å². The molecule has 2 heterocycles. The number of urea groups is 1. The first kappa shape index (κ1) is 13.0. The third-order valence-electron chi connectivity index (χ3n) is 2.33. The lowest BCUT2D eigenvalue weighted by molar-refractivity contribution is 0.203. The maximum Gasteiger partial charge on any atom is 0.336 e. The molecule has 0 saturated heterocycles. The second kappa shape index (κ2) is 5.94. The van der Waals surface area contributed by atoms with E-state index in [0.717, 1.165) is 4.83 Å². The number of thiophene rings is 1. The van der Waals surface area contributed by atoms with Crippen molar-refractivity contribution in [2.24, 2.45) is 0 Å². The molecule has 6 nitrogen and oxygen atoms in total. The van der Waals surface area contributed by atoms with Crippen LogP contribution in [0.4, 0.5) is 10.5 Å². The van der Waals surface area contributed by atoms with Crippen LogP contribution in [0, 0.1) is 0 Å². The van der Waals surface area contributed by atoms with Crippen LogP contribution in [0.25, 0.3) is 10.3 Å². The summed E-state index contributed by atoms with van der Waals surface area (Å²) in [7, 11) is 1.57. The average molecular weight is 287 g/mol. The minimum Gasteiger partial charge on any atom is -0.383 e. The Morgan fingerprint density at radius 3 is 3.06 bits per heavy atom. The number of methoxy groups -OCH3 is 1. The van der Waals surface area contributed by atoms with Crippen molar-refractivity contribution in [1.82, 2.24) is 14.8 Å². The summed E-state index contributed by atoms with van der Waals surface area (Å²) in [5, 5.41) is 1.83. The molecule has 0 aliphatic rings. The number of amides is 2. The van der Waals surface area contributed by atoms with Gasteiger partial charge in [0, 0.05) is 36.7 Å². The summed E-state index contributed by atoms with van der Waals surface area (Å²) in [5.41, 5.74) is 1.36. The molecule has 0 radical (unpaired) electrons. The van der Waals surface area contributed by atoms with E-state index in [0.29, 0.717) is 24.4 Å². The number of nitrogens with zero attached hydrogens (tertiary/aromatic N) is 3. The third-order valence-corrected chi connectivity index (χ3v) is 3.35. The number of fused-ring (bicyclic) bond motifs is 1. The van der Waals surface area contributed by atoms with Crippen LogP contribution in [0.1, 0.15) is 0 Å². The number of hydrogen-bond donors (Lipinski definition) is 1. The first-order valence-corrected chi connectivity index (χ1v) is 6.39. The fraction of sp³-hybridized carbons (Fsp3) is 0.300. The quantitative estimate of drug-likeness (QED) is 0.873. The van der Waals surface area contributed by atoms with E-state index < -0.39 is 6.03 Å².